The van der Waals surface area contributed by atoms with Crippen LogP contribution in [0.5, 0.6) is 0 Å². The minimum atomic E-state index is 0.117. The average molecular weight is 539 g/mol. The fourth-order valence-corrected chi connectivity index (χ4v) is 6.83. The van der Waals surface area contributed by atoms with Crippen LogP contribution in [0.4, 0.5) is 34.1 Å². The van der Waals surface area contributed by atoms with Crippen molar-refractivity contribution in [2.75, 3.05) is 9.80 Å². The Morgan fingerprint density at radius 2 is 0.976 bits per heavy atom. The zero-order valence-electron chi connectivity index (χ0n) is 23.9. The molecule has 6 aromatic carbocycles. The molecule has 2 heterocycles. The smallest absolute Gasteiger partial charge is 0.252 e. The first-order valence-corrected chi connectivity index (χ1v) is 14.9. The third-order valence-corrected chi connectivity index (χ3v) is 8.80. The van der Waals surface area contributed by atoms with Crippen molar-refractivity contribution in [2.24, 2.45) is 0 Å². The highest BCUT2D eigenvalue weighted by molar-refractivity contribution is 7.00. The van der Waals surface area contributed by atoms with Crippen molar-refractivity contribution < 1.29 is 0 Å². The molecule has 0 saturated heterocycles. The number of hydrogen-bond donors (Lipinski definition) is 0. The molecule has 2 aliphatic rings. The minimum absolute atomic E-state index is 0.117. The first-order chi connectivity index (χ1) is 20.7. The van der Waals surface area contributed by atoms with Crippen LogP contribution in [0.3, 0.4) is 0 Å². The first kappa shape index (κ1) is 24.8. The van der Waals surface area contributed by atoms with Crippen molar-refractivity contribution >= 4 is 57.2 Å². The van der Waals surface area contributed by atoms with Gasteiger partial charge in [-0.2, -0.15) is 0 Å². The second-order valence-corrected chi connectivity index (χ2v) is 11.6. The summed E-state index contributed by atoms with van der Waals surface area (Å²) in [7, 11) is 0. The first-order valence-electron chi connectivity index (χ1n) is 14.9. The van der Waals surface area contributed by atoms with Gasteiger partial charge < -0.3 is 9.80 Å². The Labute approximate surface area is 248 Å². The van der Waals surface area contributed by atoms with E-state index in [0.717, 1.165) is 0 Å². The van der Waals surface area contributed by atoms with E-state index in [1.165, 1.54) is 67.2 Å². The van der Waals surface area contributed by atoms with Crippen molar-refractivity contribution in [3.63, 3.8) is 0 Å². The number of anilines is 6. The highest BCUT2D eigenvalue weighted by Crippen LogP contribution is 2.45. The average Bonchev–Trinajstić information content (AvgIpc) is 3.05. The van der Waals surface area contributed by atoms with Crippen LogP contribution in [-0.4, -0.2) is 6.71 Å². The molecule has 3 heteroatoms. The Morgan fingerprint density at radius 3 is 1.57 bits per heavy atom. The molecule has 0 aromatic heterocycles. The third-order valence-electron chi connectivity index (χ3n) is 8.80. The lowest BCUT2D eigenvalue weighted by Gasteiger charge is -2.44. The van der Waals surface area contributed by atoms with E-state index in [1.807, 2.05) is 0 Å². The lowest BCUT2D eigenvalue weighted by molar-refractivity contribution is 0.866. The van der Waals surface area contributed by atoms with Crippen LogP contribution in [0.15, 0.2) is 146 Å². The van der Waals surface area contributed by atoms with Gasteiger partial charge >= 0.3 is 0 Å². The number of benzene rings is 6. The number of fused-ring (bicyclic) bond motifs is 4. The number of hydrogen-bond acceptors (Lipinski definition) is 2. The normalized spacial score (nSPS) is 13.1. The van der Waals surface area contributed by atoms with Gasteiger partial charge in [0.1, 0.15) is 0 Å². The second-order valence-electron chi connectivity index (χ2n) is 11.6. The van der Waals surface area contributed by atoms with Gasteiger partial charge in [-0.15, -0.1) is 0 Å². The van der Waals surface area contributed by atoms with Gasteiger partial charge in [-0.25, -0.2) is 0 Å². The Balaban J connectivity index is 1.49. The lowest BCUT2D eigenvalue weighted by Crippen LogP contribution is -2.61. The van der Waals surface area contributed by atoms with E-state index in [1.54, 1.807) is 0 Å². The summed E-state index contributed by atoms with van der Waals surface area (Å²) < 4.78 is 0. The molecule has 0 amide bonds. The van der Waals surface area contributed by atoms with E-state index in [-0.39, 0.29) is 6.71 Å². The summed E-state index contributed by atoms with van der Waals surface area (Å²) in [6.45, 7) is 4.71. The molecular formula is C39H31BN2. The fraction of sp³-hybridized carbons (Fsp3) is 0.0769. The van der Waals surface area contributed by atoms with Crippen molar-refractivity contribution in [3.8, 4) is 11.1 Å². The van der Waals surface area contributed by atoms with Gasteiger partial charge in [0.25, 0.3) is 6.71 Å². The van der Waals surface area contributed by atoms with Crippen LogP contribution in [0.1, 0.15) is 25.3 Å². The van der Waals surface area contributed by atoms with Crippen LogP contribution in [0, 0.1) is 0 Å². The van der Waals surface area contributed by atoms with Crippen LogP contribution < -0.4 is 26.2 Å². The van der Waals surface area contributed by atoms with Gasteiger partial charge in [0.15, 0.2) is 0 Å². The number of nitrogens with zero attached hydrogens (tertiary/aromatic N) is 2. The van der Waals surface area contributed by atoms with Crippen LogP contribution in [0.25, 0.3) is 11.1 Å². The van der Waals surface area contributed by atoms with Gasteiger partial charge in [-0.1, -0.05) is 111 Å². The maximum atomic E-state index is 2.49. The summed E-state index contributed by atoms with van der Waals surface area (Å²) in [4.78, 5) is 4.97. The predicted molar refractivity (Wildman–Crippen MR) is 180 cm³/mol. The van der Waals surface area contributed by atoms with Crippen molar-refractivity contribution in [1.82, 2.24) is 0 Å². The molecule has 2 aliphatic heterocycles. The molecule has 0 saturated carbocycles. The monoisotopic (exact) mass is 538 g/mol. The Kier molecular flexibility index (Phi) is 5.79. The number of rotatable bonds is 4. The molecule has 0 radical (unpaired) electrons. The summed E-state index contributed by atoms with van der Waals surface area (Å²) in [6.07, 6.45) is 0. The molecule has 0 N–H and O–H groups in total. The summed E-state index contributed by atoms with van der Waals surface area (Å²) in [5, 5.41) is 0. The molecule has 8 rings (SSSR count). The van der Waals surface area contributed by atoms with Gasteiger partial charge in [0.2, 0.25) is 0 Å². The zero-order valence-corrected chi connectivity index (χ0v) is 23.9. The molecule has 2 nitrogen and oxygen atoms in total. The fourth-order valence-electron chi connectivity index (χ4n) is 6.83. The van der Waals surface area contributed by atoms with Crippen LogP contribution >= 0.6 is 0 Å². The maximum Gasteiger partial charge on any atom is 0.252 e. The molecule has 0 spiro atoms. The van der Waals surface area contributed by atoms with E-state index in [9.17, 15) is 0 Å². The van der Waals surface area contributed by atoms with E-state index >= 15 is 0 Å². The molecule has 42 heavy (non-hydrogen) atoms. The highest BCUT2D eigenvalue weighted by atomic mass is 15.2. The molecule has 0 atom stereocenters. The molecular weight excluding hydrogens is 507 g/mol. The topological polar surface area (TPSA) is 6.48 Å². The number of para-hydroxylation sites is 3. The summed E-state index contributed by atoms with van der Waals surface area (Å²) in [5.74, 6) is 0.388. The minimum Gasteiger partial charge on any atom is -0.311 e. The quantitative estimate of drug-likeness (QED) is 0.207. The van der Waals surface area contributed by atoms with Gasteiger partial charge in [0, 0.05) is 34.1 Å². The second kappa shape index (κ2) is 9.82. The van der Waals surface area contributed by atoms with Crippen molar-refractivity contribution in [2.45, 2.75) is 19.8 Å². The standard InChI is InChI=1S/C39H31BN2/c1-27(2)30-25-37-39-38(26-30)42(32-18-10-5-11-19-32)36-23-22-29(28-14-6-3-7-15-28)24-34(36)40(39)33-20-12-13-21-35(33)41(37)31-16-8-4-9-17-31/h3-27H,1-2H3. The molecule has 6 aromatic rings. The predicted octanol–water partition coefficient (Wildman–Crippen LogP) is 8.56. The largest absolute Gasteiger partial charge is 0.311 e. The van der Waals surface area contributed by atoms with Gasteiger partial charge in [-0.3, -0.25) is 0 Å². The third kappa shape index (κ3) is 3.81. The van der Waals surface area contributed by atoms with Gasteiger partial charge in [0.05, 0.1) is 0 Å². The summed E-state index contributed by atoms with van der Waals surface area (Å²) >= 11 is 0. The van der Waals surface area contributed by atoms with Crippen LogP contribution in [0.2, 0.25) is 0 Å². The van der Waals surface area contributed by atoms with Gasteiger partial charge in [-0.05, 0) is 87.5 Å². The molecule has 200 valence electrons. The molecule has 0 aliphatic carbocycles. The van der Waals surface area contributed by atoms with Crippen molar-refractivity contribution in [3.05, 3.63) is 151 Å². The van der Waals surface area contributed by atoms with E-state index in [2.05, 4.69) is 169 Å². The highest BCUT2D eigenvalue weighted by Gasteiger charge is 2.43. The van der Waals surface area contributed by atoms with Crippen molar-refractivity contribution in [1.29, 1.82) is 0 Å². The molecule has 0 fully saturated rings. The molecule has 0 bridgehead atoms. The SMILES string of the molecule is CC(C)c1cc2c3c(c1)N(c1ccccc1)c1ccc(-c4ccccc4)cc1B3c1ccccc1N2c1ccccc1. The Bertz CT molecular complexity index is 1900. The van der Waals surface area contributed by atoms with E-state index in [0.29, 0.717) is 5.92 Å². The lowest BCUT2D eigenvalue weighted by atomic mass is 9.33. The summed E-state index contributed by atoms with van der Waals surface area (Å²) in [5.41, 5.74) is 15.3. The molecule has 0 unspecified atom stereocenters. The van der Waals surface area contributed by atoms with E-state index < -0.39 is 0 Å². The zero-order chi connectivity index (χ0) is 28.2. The maximum absolute atomic E-state index is 2.49. The Morgan fingerprint density at radius 1 is 0.452 bits per heavy atom. The van der Waals surface area contributed by atoms with E-state index in [4.69, 9.17) is 0 Å². The van der Waals surface area contributed by atoms with Crippen LogP contribution in [-0.2, 0) is 0 Å². The Hall–Kier alpha value is -5.02. The summed E-state index contributed by atoms with van der Waals surface area (Å²) in [6, 6.07) is 53.3.